The molecular formula is C15H22ClNO. The smallest absolute Gasteiger partial charge is 0.0825 e. The molecule has 0 amide bonds. The van der Waals surface area contributed by atoms with Crippen LogP contribution in [0, 0.1) is 6.92 Å². The van der Waals surface area contributed by atoms with Crippen LogP contribution in [0.2, 0.25) is 0 Å². The van der Waals surface area contributed by atoms with Crippen molar-refractivity contribution < 1.29 is 4.74 Å². The molecule has 0 radical (unpaired) electrons. The molecule has 3 heteroatoms. The fourth-order valence-corrected chi connectivity index (χ4v) is 2.90. The van der Waals surface area contributed by atoms with Gasteiger partial charge in [-0.3, -0.25) is 0 Å². The van der Waals surface area contributed by atoms with Crippen molar-refractivity contribution in [3.8, 4) is 0 Å². The van der Waals surface area contributed by atoms with Gasteiger partial charge in [0.05, 0.1) is 5.60 Å². The van der Waals surface area contributed by atoms with Crippen LogP contribution in [0.3, 0.4) is 0 Å². The summed E-state index contributed by atoms with van der Waals surface area (Å²) in [5.74, 6) is 0.580. The number of alkyl halides is 1. The fourth-order valence-electron chi connectivity index (χ4n) is 2.73. The number of ether oxygens (including phenoxy) is 1. The van der Waals surface area contributed by atoms with Crippen LogP contribution in [0.25, 0.3) is 0 Å². The monoisotopic (exact) mass is 267 g/mol. The van der Waals surface area contributed by atoms with E-state index in [-0.39, 0.29) is 5.60 Å². The van der Waals surface area contributed by atoms with E-state index in [2.05, 4.69) is 36.9 Å². The second kappa shape index (κ2) is 5.50. The maximum Gasteiger partial charge on any atom is 0.0825 e. The summed E-state index contributed by atoms with van der Waals surface area (Å²) in [6.07, 6.45) is 2.32. The SMILES string of the molecule is COC1(C)CCCN(c2ccc(CCl)cc2C)C1. The average molecular weight is 268 g/mol. The highest BCUT2D eigenvalue weighted by Crippen LogP contribution is 2.30. The number of nitrogens with zero attached hydrogens (tertiary/aromatic N) is 1. The molecule has 2 rings (SSSR count). The number of piperidine rings is 1. The summed E-state index contributed by atoms with van der Waals surface area (Å²) in [5, 5.41) is 0. The lowest BCUT2D eigenvalue weighted by molar-refractivity contribution is -0.00467. The standard InChI is InChI=1S/C15H22ClNO/c1-12-9-13(10-16)5-6-14(12)17-8-4-7-15(2,11-17)18-3/h5-6,9H,4,7-8,10-11H2,1-3H3. The summed E-state index contributed by atoms with van der Waals surface area (Å²) >= 11 is 5.87. The molecule has 0 spiro atoms. The molecule has 1 unspecified atom stereocenters. The highest BCUT2D eigenvalue weighted by molar-refractivity contribution is 6.17. The number of methoxy groups -OCH3 is 1. The number of halogens is 1. The minimum absolute atomic E-state index is 0.0180. The minimum Gasteiger partial charge on any atom is -0.377 e. The van der Waals surface area contributed by atoms with Crippen molar-refractivity contribution in [3.05, 3.63) is 29.3 Å². The Morgan fingerprint density at radius 3 is 2.83 bits per heavy atom. The van der Waals surface area contributed by atoms with Crippen molar-refractivity contribution in [3.63, 3.8) is 0 Å². The summed E-state index contributed by atoms with van der Waals surface area (Å²) in [4.78, 5) is 2.43. The predicted molar refractivity (Wildman–Crippen MR) is 77.6 cm³/mol. The first-order chi connectivity index (χ1) is 8.58. The molecule has 0 aliphatic carbocycles. The van der Waals surface area contributed by atoms with Crippen molar-refractivity contribution in [1.29, 1.82) is 0 Å². The molecule has 2 nitrogen and oxygen atoms in total. The van der Waals surface area contributed by atoms with Crippen LogP contribution in [-0.2, 0) is 10.6 Å². The number of benzene rings is 1. The van der Waals surface area contributed by atoms with Gasteiger partial charge in [0.15, 0.2) is 0 Å². The van der Waals surface area contributed by atoms with Gasteiger partial charge >= 0.3 is 0 Å². The van der Waals surface area contributed by atoms with Crippen molar-refractivity contribution in [2.45, 2.75) is 38.2 Å². The molecule has 0 saturated carbocycles. The molecule has 1 saturated heterocycles. The molecule has 1 aliphatic rings. The number of hydrogen-bond donors (Lipinski definition) is 0. The first-order valence-corrected chi connectivity index (χ1v) is 7.07. The second-order valence-corrected chi connectivity index (χ2v) is 5.70. The predicted octanol–water partition coefficient (Wildman–Crippen LogP) is 3.74. The van der Waals surface area contributed by atoms with Gasteiger partial charge in [-0.2, -0.15) is 0 Å². The average Bonchev–Trinajstić information content (AvgIpc) is 2.38. The Labute approximate surface area is 115 Å². The first-order valence-electron chi connectivity index (χ1n) is 6.53. The van der Waals surface area contributed by atoms with Gasteiger partial charge in [0, 0.05) is 31.8 Å². The zero-order chi connectivity index (χ0) is 13.2. The molecule has 18 heavy (non-hydrogen) atoms. The third kappa shape index (κ3) is 2.81. The number of anilines is 1. The molecule has 1 aromatic carbocycles. The van der Waals surface area contributed by atoms with Gasteiger partial charge in [0.1, 0.15) is 0 Å². The molecule has 1 fully saturated rings. The van der Waals surface area contributed by atoms with Crippen LogP contribution < -0.4 is 4.90 Å². The molecule has 1 aliphatic heterocycles. The van der Waals surface area contributed by atoms with Crippen LogP contribution in [0.5, 0.6) is 0 Å². The first kappa shape index (κ1) is 13.7. The molecule has 1 atom stereocenters. The summed E-state index contributed by atoms with van der Waals surface area (Å²) in [5.41, 5.74) is 3.78. The summed E-state index contributed by atoms with van der Waals surface area (Å²) in [6, 6.07) is 6.49. The van der Waals surface area contributed by atoms with Crippen molar-refractivity contribution >= 4 is 17.3 Å². The Balaban J connectivity index is 2.21. The van der Waals surface area contributed by atoms with E-state index < -0.39 is 0 Å². The Morgan fingerprint density at radius 2 is 2.22 bits per heavy atom. The van der Waals surface area contributed by atoms with E-state index in [1.807, 2.05) is 7.11 Å². The van der Waals surface area contributed by atoms with E-state index in [0.717, 1.165) is 19.5 Å². The maximum absolute atomic E-state index is 5.87. The van der Waals surface area contributed by atoms with Crippen LogP contribution in [0.4, 0.5) is 5.69 Å². The quantitative estimate of drug-likeness (QED) is 0.774. The molecule has 0 bridgehead atoms. The zero-order valence-electron chi connectivity index (χ0n) is 11.5. The van der Waals surface area contributed by atoms with Gasteiger partial charge in [0.25, 0.3) is 0 Å². The number of rotatable bonds is 3. The topological polar surface area (TPSA) is 12.5 Å². The van der Waals surface area contributed by atoms with Crippen LogP contribution >= 0.6 is 11.6 Å². The second-order valence-electron chi connectivity index (χ2n) is 5.43. The molecule has 0 N–H and O–H groups in total. The van der Waals surface area contributed by atoms with E-state index in [0.29, 0.717) is 5.88 Å². The number of hydrogen-bond acceptors (Lipinski definition) is 2. The van der Waals surface area contributed by atoms with Crippen molar-refractivity contribution in [1.82, 2.24) is 0 Å². The molecule has 1 heterocycles. The van der Waals surface area contributed by atoms with E-state index in [1.165, 1.54) is 23.2 Å². The lowest BCUT2D eigenvalue weighted by atomic mass is 9.93. The summed E-state index contributed by atoms with van der Waals surface area (Å²) in [6.45, 7) is 6.43. The highest BCUT2D eigenvalue weighted by atomic mass is 35.5. The van der Waals surface area contributed by atoms with Gasteiger partial charge < -0.3 is 9.64 Å². The third-order valence-electron chi connectivity index (χ3n) is 3.91. The maximum atomic E-state index is 5.87. The molecule has 100 valence electrons. The summed E-state index contributed by atoms with van der Waals surface area (Å²) in [7, 11) is 1.81. The van der Waals surface area contributed by atoms with E-state index in [9.17, 15) is 0 Å². The van der Waals surface area contributed by atoms with Gasteiger partial charge in [-0.05, 0) is 43.9 Å². The Morgan fingerprint density at radius 1 is 1.44 bits per heavy atom. The van der Waals surface area contributed by atoms with Crippen LogP contribution in [-0.4, -0.2) is 25.8 Å². The van der Waals surface area contributed by atoms with Gasteiger partial charge in [-0.25, -0.2) is 0 Å². The Bertz CT molecular complexity index is 421. The van der Waals surface area contributed by atoms with Gasteiger partial charge in [-0.1, -0.05) is 12.1 Å². The van der Waals surface area contributed by atoms with E-state index in [4.69, 9.17) is 16.3 Å². The number of aryl methyl sites for hydroxylation is 1. The third-order valence-corrected chi connectivity index (χ3v) is 4.22. The van der Waals surface area contributed by atoms with Gasteiger partial charge in [0.2, 0.25) is 0 Å². The lowest BCUT2D eigenvalue weighted by Crippen LogP contribution is -2.47. The molecule has 0 aromatic heterocycles. The lowest BCUT2D eigenvalue weighted by Gasteiger charge is -2.41. The largest absolute Gasteiger partial charge is 0.377 e. The van der Waals surface area contributed by atoms with E-state index in [1.54, 1.807) is 0 Å². The van der Waals surface area contributed by atoms with E-state index >= 15 is 0 Å². The van der Waals surface area contributed by atoms with Crippen molar-refractivity contribution in [2.24, 2.45) is 0 Å². The molecule has 1 aromatic rings. The highest BCUT2D eigenvalue weighted by Gasteiger charge is 2.31. The van der Waals surface area contributed by atoms with Crippen molar-refractivity contribution in [2.75, 3.05) is 25.1 Å². The molecular weight excluding hydrogens is 246 g/mol. The summed E-state index contributed by atoms with van der Waals surface area (Å²) < 4.78 is 5.65. The van der Waals surface area contributed by atoms with Crippen LogP contribution in [0.1, 0.15) is 30.9 Å². The van der Waals surface area contributed by atoms with Crippen LogP contribution in [0.15, 0.2) is 18.2 Å². The van der Waals surface area contributed by atoms with Gasteiger partial charge in [-0.15, -0.1) is 11.6 Å². The zero-order valence-corrected chi connectivity index (χ0v) is 12.3. The Kier molecular flexibility index (Phi) is 4.18. The minimum atomic E-state index is -0.0180. The normalized spacial score (nSPS) is 24.3. The fraction of sp³-hybridized carbons (Fsp3) is 0.600. The Hall–Kier alpha value is -0.730.